The highest BCUT2D eigenvalue weighted by molar-refractivity contribution is 7.15. The lowest BCUT2D eigenvalue weighted by Crippen LogP contribution is -2.15. The Hall–Kier alpha value is -3.85. The summed E-state index contributed by atoms with van der Waals surface area (Å²) in [6.45, 7) is 1.64. The van der Waals surface area contributed by atoms with Gasteiger partial charge in [-0.15, -0.1) is 11.3 Å². The van der Waals surface area contributed by atoms with Crippen molar-refractivity contribution in [2.24, 2.45) is 0 Å². The maximum atomic E-state index is 12.9. The van der Waals surface area contributed by atoms with Gasteiger partial charge in [0.05, 0.1) is 20.8 Å². The first-order valence-electron chi connectivity index (χ1n) is 10.0. The summed E-state index contributed by atoms with van der Waals surface area (Å²) in [6.07, 6.45) is 0. The molecule has 1 N–H and O–H groups in total. The summed E-state index contributed by atoms with van der Waals surface area (Å²) in [5.74, 6) is -0.478. The molecule has 0 atom stereocenters. The van der Waals surface area contributed by atoms with Gasteiger partial charge in [-0.3, -0.25) is 4.79 Å². The molecule has 9 heteroatoms. The van der Waals surface area contributed by atoms with Gasteiger partial charge in [0.2, 0.25) is 0 Å². The van der Waals surface area contributed by atoms with Crippen LogP contribution in [0.15, 0.2) is 53.9 Å². The number of amides is 1. The monoisotopic (exact) mass is 469 g/mol. The van der Waals surface area contributed by atoms with E-state index >= 15 is 0 Å². The van der Waals surface area contributed by atoms with Crippen LogP contribution in [0.5, 0.6) is 11.5 Å². The van der Waals surface area contributed by atoms with Gasteiger partial charge < -0.3 is 24.3 Å². The molecule has 172 valence electrons. The molecular weight excluding hydrogens is 446 g/mol. The largest absolute Gasteiger partial charge is 0.497 e. The van der Waals surface area contributed by atoms with E-state index in [0.29, 0.717) is 27.6 Å². The minimum absolute atomic E-state index is 0.198. The Balaban J connectivity index is 1.87. The van der Waals surface area contributed by atoms with Gasteiger partial charge in [0.25, 0.3) is 5.91 Å². The van der Waals surface area contributed by atoms with E-state index in [2.05, 4.69) is 10.1 Å². The van der Waals surface area contributed by atoms with Crippen LogP contribution < -0.4 is 14.8 Å². The maximum absolute atomic E-state index is 12.9. The number of methoxy groups -OCH3 is 2. The second-order valence-corrected chi connectivity index (χ2v) is 7.53. The summed E-state index contributed by atoms with van der Waals surface area (Å²) in [6, 6.07) is 13.6. The number of nitrogens with one attached hydrogen (secondary N) is 1. The Morgan fingerprint density at radius 3 is 2.42 bits per heavy atom. The van der Waals surface area contributed by atoms with E-state index in [1.54, 1.807) is 49.7 Å². The molecular formula is C24H23NO7S. The smallest absolute Gasteiger partial charge is 0.343 e. The van der Waals surface area contributed by atoms with Crippen molar-refractivity contribution in [2.75, 3.05) is 32.8 Å². The van der Waals surface area contributed by atoms with Gasteiger partial charge >= 0.3 is 11.9 Å². The third-order valence-corrected chi connectivity index (χ3v) is 5.47. The molecule has 0 fully saturated rings. The van der Waals surface area contributed by atoms with Crippen molar-refractivity contribution in [1.29, 1.82) is 0 Å². The molecule has 8 nitrogen and oxygen atoms in total. The molecule has 0 unspecified atom stereocenters. The molecule has 1 aromatic heterocycles. The number of thiophene rings is 1. The van der Waals surface area contributed by atoms with Crippen LogP contribution >= 0.6 is 11.3 Å². The summed E-state index contributed by atoms with van der Waals surface area (Å²) in [7, 11) is 2.84. The van der Waals surface area contributed by atoms with Crippen LogP contribution in [-0.4, -0.2) is 45.3 Å². The normalized spacial score (nSPS) is 10.3. The van der Waals surface area contributed by atoms with E-state index < -0.39 is 17.8 Å². The van der Waals surface area contributed by atoms with Crippen LogP contribution in [0.25, 0.3) is 11.1 Å². The van der Waals surface area contributed by atoms with E-state index in [0.717, 1.165) is 5.56 Å². The molecule has 3 rings (SSSR count). The predicted octanol–water partition coefficient (Wildman–Crippen LogP) is 4.40. The number of rotatable bonds is 9. The lowest BCUT2D eigenvalue weighted by molar-refractivity contribution is -0.142. The zero-order valence-electron chi connectivity index (χ0n) is 18.4. The molecule has 3 aromatic rings. The summed E-state index contributed by atoms with van der Waals surface area (Å²) < 4.78 is 20.3. The fourth-order valence-corrected chi connectivity index (χ4v) is 3.89. The fourth-order valence-electron chi connectivity index (χ4n) is 2.94. The van der Waals surface area contributed by atoms with Gasteiger partial charge in [-0.2, -0.15) is 0 Å². The quantitative estimate of drug-likeness (QED) is 0.464. The van der Waals surface area contributed by atoms with Crippen molar-refractivity contribution in [2.45, 2.75) is 6.92 Å². The van der Waals surface area contributed by atoms with Crippen molar-refractivity contribution < 1.29 is 33.3 Å². The zero-order chi connectivity index (χ0) is 23.8. The van der Waals surface area contributed by atoms with E-state index in [9.17, 15) is 14.4 Å². The van der Waals surface area contributed by atoms with Crippen LogP contribution in [0.3, 0.4) is 0 Å². The Morgan fingerprint density at radius 1 is 1.00 bits per heavy atom. The highest BCUT2D eigenvalue weighted by Gasteiger charge is 2.23. The average Bonchev–Trinajstić information content (AvgIpc) is 3.26. The second-order valence-electron chi connectivity index (χ2n) is 6.65. The maximum Gasteiger partial charge on any atom is 0.343 e. The number of esters is 2. The van der Waals surface area contributed by atoms with E-state index in [1.165, 1.54) is 24.5 Å². The lowest BCUT2D eigenvalue weighted by Gasteiger charge is -2.10. The number of anilines is 1. The fraction of sp³-hybridized carbons (Fsp3) is 0.208. The first kappa shape index (κ1) is 23.8. The van der Waals surface area contributed by atoms with Crippen molar-refractivity contribution in [1.82, 2.24) is 0 Å². The molecule has 0 aliphatic rings. The third kappa shape index (κ3) is 5.89. The SMILES string of the molecule is CCOC(=O)c1c(-c2ccc(OC)cc2)csc1NC(=O)c1cccc(OCC(=O)OC)c1. The minimum atomic E-state index is -0.534. The number of carbonyl (C=O) groups is 3. The third-order valence-electron chi connectivity index (χ3n) is 4.58. The van der Waals surface area contributed by atoms with Crippen molar-refractivity contribution in [3.05, 3.63) is 65.0 Å². The van der Waals surface area contributed by atoms with Crippen molar-refractivity contribution in [3.63, 3.8) is 0 Å². The van der Waals surface area contributed by atoms with E-state index in [4.69, 9.17) is 14.2 Å². The minimum Gasteiger partial charge on any atom is -0.497 e. The highest BCUT2D eigenvalue weighted by Crippen LogP contribution is 2.37. The molecule has 1 heterocycles. The number of benzene rings is 2. The molecule has 0 aliphatic carbocycles. The predicted molar refractivity (Wildman–Crippen MR) is 124 cm³/mol. The molecule has 1 amide bonds. The molecule has 2 aromatic carbocycles. The van der Waals surface area contributed by atoms with Crippen LogP contribution in [0, 0.1) is 0 Å². The van der Waals surface area contributed by atoms with Crippen molar-refractivity contribution in [3.8, 4) is 22.6 Å². The standard InChI is InChI=1S/C24H23NO7S/c1-4-31-24(28)21-19(15-8-10-17(29-2)11-9-15)14-33-23(21)25-22(27)16-6-5-7-18(12-16)32-13-20(26)30-3/h5-12,14H,4,13H2,1-3H3,(H,25,27). The molecule has 33 heavy (non-hydrogen) atoms. The van der Waals surface area contributed by atoms with Gasteiger partial charge in [0.15, 0.2) is 6.61 Å². The highest BCUT2D eigenvalue weighted by atomic mass is 32.1. The number of ether oxygens (including phenoxy) is 4. The Labute approximate surface area is 195 Å². The zero-order valence-corrected chi connectivity index (χ0v) is 19.2. The summed E-state index contributed by atoms with van der Waals surface area (Å²) in [5.41, 5.74) is 2.01. The number of hydrogen-bond acceptors (Lipinski definition) is 8. The Kier molecular flexibility index (Phi) is 8.04. The van der Waals surface area contributed by atoms with Crippen LogP contribution in [0.1, 0.15) is 27.6 Å². The molecule has 0 radical (unpaired) electrons. The van der Waals surface area contributed by atoms with Crippen LogP contribution in [0.4, 0.5) is 5.00 Å². The first-order chi connectivity index (χ1) is 16.0. The Bertz CT molecular complexity index is 1140. The Morgan fingerprint density at radius 2 is 1.76 bits per heavy atom. The average molecular weight is 470 g/mol. The topological polar surface area (TPSA) is 100 Å². The van der Waals surface area contributed by atoms with Crippen LogP contribution in [-0.2, 0) is 14.3 Å². The van der Waals surface area contributed by atoms with Gasteiger partial charge in [0.1, 0.15) is 22.1 Å². The summed E-state index contributed by atoms with van der Waals surface area (Å²) in [5, 5.41) is 4.95. The van der Waals surface area contributed by atoms with Gasteiger partial charge in [-0.05, 0) is 42.8 Å². The lowest BCUT2D eigenvalue weighted by atomic mass is 10.0. The molecule has 0 aliphatic heterocycles. The molecule has 0 saturated carbocycles. The molecule has 0 spiro atoms. The van der Waals surface area contributed by atoms with Crippen LogP contribution in [0.2, 0.25) is 0 Å². The van der Waals surface area contributed by atoms with E-state index in [-0.39, 0.29) is 18.8 Å². The number of hydrogen-bond donors (Lipinski definition) is 1. The molecule has 0 saturated heterocycles. The molecule has 0 bridgehead atoms. The summed E-state index contributed by atoms with van der Waals surface area (Å²) >= 11 is 1.22. The number of carbonyl (C=O) groups excluding carboxylic acids is 3. The summed E-state index contributed by atoms with van der Waals surface area (Å²) in [4.78, 5) is 36.9. The van der Waals surface area contributed by atoms with Gasteiger partial charge in [-0.25, -0.2) is 9.59 Å². The van der Waals surface area contributed by atoms with Gasteiger partial charge in [0, 0.05) is 16.5 Å². The first-order valence-corrected chi connectivity index (χ1v) is 10.9. The van der Waals surface area contributed by atoms with E-state index in [1.807, 2.05) is 12.1 Å². The second kappa shape index (κ2) is 11.1. The van der Waals surface area contributed by atoms with Gasteiger partial charge in [-0.1, -0.05) is 18.2 Å². The van der Waals surface area contributed by atoms with Crippen molar-refractivity contribution >= 4 is 34.2 Å².